The third-order valence-electron chi connectivity index (χ3n) is 5.07. The van der Waals surface area contributed by atoms with E-state index in [9.17, 15) is 18.8 Å². The van der Waals surface area contributed by atoms with Crippen molar-refractivity contribution in [2.75, 3.05) is 11.9 Å². The summed E-state index contributed by atoms with van der Waals surface area (Å²) in [6, 6.07) is 10.6. The van der Waals surface area contributed by atoms with Gasteiger partial charge in [0.1, 0.15) is 10.1 Å². The third kappa shape index (κ3) is 5.96. The van der Waals surface area contributed by atoms with Gasteiger partial charge in [-0.15, -0.1) is 11.3 Å². The molecule has 1 saturated heterocycles. The molecule has 2 N–H and O–H groups in total. The summed E-state index contributed by atoms with van der Waals surface area (Å²) in [6.07, 6.45) is 1.67. The Morgan fingerprint density at radius 3 is 2.58 bits per heavy atom. The summed E-state index contributed by atoms with van der Waals surface area (Å²) in [5.41, 5.74) is 1.46. The first-order valence-corrected chi connectivity index (χ1v) is 13.1. The molecule has 36 heavy (non-hydrogen) atoms. The molecule has 0 radical (unpaired) electrons. The first-order valence-electron chi connectivity index (χ1n) is 10.2. The Kier molecular flexibility index (Phi) is 8.11. The summed E-state index contributed by atoms with van der Waals surface area (Å²) in [5, 5.41) is 14.2. The maximum Gasteiger partial charge on any atom is 0.338 e. The number of anilines is 1. The lowest BCUT2D eigenvalue weighted by Gasteiger charge is -2.14. The summed E-state index contributed by atoms with van der Waals surface area (Å²) in [7, 11) is 0. The molecule has 0 spiro atoms. The third-order valence-corrected chi connectivity index (χ3v) is 8.06. The number of carbonyl (C=O) groups excluding carboxylic acids is 2. The second-order valence-corrected chi connectivity index (χ2v) is 10.9. The molecule has 0 saturated carbocycles. The van der Waals surface area contributed by atoms with E-state index in [2.05, 4.69) is 5.32 Å². The van der Waals surface area contributed by atoms with E-state index in [0.717, 1.165) is 39.9 Å². The molecule has 2 aromatic carbocycles. The van der Waals surface area contributed by atoms with Crippen molar-refractivity contribution in [2.24, 2.45) is 0 Å². The number of halogens is 3. The van der Waals surface area contributed by atoms with Crippen molar-refractivity contribution < 1.29 is 23.9 Å². The summed E-state index contributed by atoms with van der Waals surface area (Å²) in [5.74, 6) is -3.14. The lowest BCUT2D eigenvalue weighted by atomic mass is 10.1. The molecule has 1 aliphatic heterocycles. The van der Waals surface area contributed by atoms with E-state index in [1.807, 2.05) is 17.5 Å². The molecule has 0 aliphatic carbocycles. The fourth-order valence-electron chi connectivity index (χ4n) is 3.28. The largest absolute Gasteiger partial charge is 0.478 e. The van der Waals surface area contributed by atoms with Gasteiger partial charge in [-0.25, -0.2) is 9.18 Å². The number of carbonyl (C=O) groups is 3. The van der Waals surface area contributed by atoms with Crippen LogP contribution in [-0.4, -0.2) is 38.7 Å². The van der Waals surface area contributed by atoms with Gasteiger partial charge < -0.3 is 10.4 Å². The Morgan fingerprint density at radius 1 is 1.11 bits per heavy atom. The molecule has 2 amide bonds. The minimum absolute atomic E-state index is 0.0441. The van der Waals surface area contributed by atoms with Crippen LogP contribution in [0.4, 0.5) is 10.1 Å². The zero-order chi connectivity index (χ0) is 26.0. The molecule has 6 nitrogen and oxygen atoms in total. The fourth-order valence-corrected chi connectivity index (χ4v) is 5.80. The van der Waals surface area contributed by atoms with Gasteiger partial charge in [0.2, 0.25) is 5.91 Å². The number of rotatable bonds is 7. The number of carboxylic acids is 1. The van der Waals surface area contributed by atoms with Gasteiger partial charge in [0.05, 0.1) is 20.5 Å². The smallest absolute Gasteiger partial charge is 0.338 e. The van der Waals surface area contributed by atoms with Crippen LogP contribution in [0.1, 0.15) is 21.7 Å². The van der Waals surface area contributed by atoms with Crippen molar-refractivity contribution in [3.8, 4) is 11.1 Å². The monoisotopic (exact) mass is 580 g/mol. The molecule has 1 fully saturated rings. The number of nitrogens with one attached hydrogen (secondary N) is 1. The Bertz CT molecular complexity index is 1440. The highest BCUT2D eigenvalue weighted by Gasteiger charge is 2.32. The van der Waals surface area contributed by atoms with E-state index in [4.69, 9.17) is 40.5 Å². The van der Waals surface area contributed by atoms with Crippen LogP contribution < -0.4 is 5.32 Å². The van der Waals surface area contributed by atoms with Gasteiger partial charge in [-0.05, 0) is 59.0 Å². The predicted molar refractivity (Wildman–Crippen MR) is 146 cm³/mol. The number of thiophene rings is 1. The average molecular weight is 581 g/mol. The van der Waals surface area contributed by atoms with Crippen LogP contribution in [0.5, 0.6) is 0 Å². The summed E-state index contributed by atoms with van der Waals surface area (Å²) in [4.78, 5) is 38.7. The van der Waals surface area contributed by atoms with Crippen molar-refractivity contribution in [3.63, 3.8) is 0 Å². The van der Waals surface area contributed by atoms with Crippen LogP contribution in [0, 0.1) is 5.82 Å². The van der Waals surface area contributed by atoms with Crippen LogP contribution in [0.2, 0.25) is 10.0 Å². The van der Waals surface area contributed by atoms with Gasteiger partial charge >= 0.3 is 5.97 Å². The predicted octanol–water partition coefficient (Wildman–Crippen LogP) is 6.79. The van der Waals surface area contributed by atoms with E-state index < -0.39 is 23.3 Å². The number of thioether (sulfide) groups is 1. The molecule has 0 atom stereocenters. The van der Waals surface area contributed by atoms with Gasteiger partial charge in [-0.1, -0.05) is 53.2 Å². The van der Waals surface area contributed by atoms with Crippen LogP contribution in [-0.2, 0) is 9.59 Å². The molecule has 184 valence electrons. The number of hydrogen-bond donors (Lipinski definition) is 2. The zero-order valence-electron chi connectivity index (χ0n) is 18.1. The fraction of sp³-hybridized carbons (Fsp3) is 0.0833. The van der Waals surface area contributed by atoms with Crippen molar-refractivity contribution >= 4 is 92.4 Å². The first-order chi connectivity index (χ1) is 17.1. The van der Waals surface area contributed by atoms with E-state index in [-0.39, 0.29) is 24.6 Å². The highest BCUT2D eigenvalue weighted by molar-refractivity contribution is 8.26. The van der Waals surface area contributed by atoms with Crippen LogP contribution >= 0.6 is 58.5 Å². The number of hydrogen-bond acceptors (Lipinski definition) is 6. The molecule has 0 bridgehead atoms. The highest BCUT2D eigenvalue weighted by atomic mass is 35.5. The maximum absolute atomic E-state index is 13.8. The maximum atomic E-state index is 13.8. The molecule has 4 rings (SSSR count). The van der Waals surface area contributed by atoms with Gasteiger partial charge in [0.25, 0.3) is 5.91 Å². The molecular weight excluding hydrogens is 566 g/mol. The quantitative estimate of drug-likeness (QED) is 0.236. The highest BCUT2D eigenvalue weighted by Crippen LogP contribution is 2.36. The Balaban J connectivity index is 1.38. The molecule has 12 heteroatoms. The van der Waals surface area contributed by atoms with Crippen molar-refractivity contribution in [1.29, 1.82) is 0 Å². The van der Waals surface area contributed by atoms with Crippen LogP contribution in [0.3, 0.4) is 0 Å². The number of benzene rings is 2. The van der Waals surface area contributed by atoms with Gasteiger partial charge in [-0.3, -0.25) is 14.5 Å². The second kappa shape index (κ2) is 11.1. The van der Waals surface area contributed by atoms with Crippen molar-refractivity contribution in [3.05, 3.63) is 79.1 Å². The molecule has 1 aromatic heterocycles. The number of carboxylic acid groups (broad SMARTS) is 1. The molecule has 0 unspecified atom stereocenters. The zero-order valence-corrected chi connectivity index (χ0v) is 22.0. The van der Waals surface area contributed by atoms with Crippen LogP contribution in [0.25, 0.3) is 17.2 Å². The lowest BCUT2D eigenvalue weighted by molar-refractivity contribution is -0.122. The minimum atomic E-state index is -1.40. The van der Waals surface area contributed by atoms with Gasteiger partial charge in [-0.2, -0.15) is 0 Å². The number of nitrogens with zero attached hydrogens (tertiary/aromatic N) is 1. The number of thiocarbonyl (C=S) groups is 1. The number of amides is 2. The standard InChI is InChI=1S/C24H15Cl2FN2O4S3/c25-17-4-1-12(8-18(17)26)13-7-15(35-11-13)10-20-22(31)29(24(34)36-20)6-5-21(30)28-14-2-3-16(23(32)33)19(27)9-14/h1-4,7-11H,5-6H2,(H,28,30)(H,32,33)/b20-10-. The summed E-state index contributed by atoms with van der Waals surface area (Å²) >= 11 is 20.0. The normalized spacial score (nSPS) is 14.5. The summed E-state index contributed by atoms with van der Waals surface area (Å²) < 4.78 is 14.1. The second-order valence-electron chi connectivity index (χ2n) is 7.50. The lowest BCUT2D eigenvalue weighted by Crippen LogP contribution is -2.31. The Labute approximate surface area is 228 Å². The van der Waals surface area contributed by atoms with E-state index >= 15 is 0 Å². The molecule has 3 aromatic rings. The van der Waals surface area contributed by atoms with Crippen LogP contribution in [0.15, 0.2) is 52.7 Å². The Hall–Kier alpha value is -2.76. The SMILES string of the molecule is O=C(CCN1C(=O)/C(=C/c2cc(-c3ccc(Cl)c(Cl)c3)cs2)SC1=S)Nc1ccc(C(=O)O)c(F)c1. The van der Waals surface area contributed by atoms with Crippen molar-refractivity contribution in [1.82, 2.24) is 4.90 Å². The van der Waals surface area contributed by atoms with Crippen molar-refractivity contribution in [2.45, 2.75) is 6.42 Å². The Morgan fingerprint density at radius 2 is 1.89 bits per heavy atom. The molecular formula is C24H15Cl2FN2O4S3. The first kappa shape index (κ1) is 26.3. The van der Waals surface area contributed by atoms with E-state index in [1.54, 1.807) is 18.2 Å². The molecule has 2 heterocycles. The van der Waals surface area contributed by atoms with Gasteiger partial charge in [0, 0.05) is 23.5 Å². The molecule has 1 aliphatic rings. The number of aromatic carboxylic acids is 1. The van der Waals surface area contributed by atoms with Gasteiger partial charge in [0.15, 0.2) is 0 Å². The topological polar surface area (TPSA) is 86.7 Å². The average Bonchev–Trinajstić information content (AvgIpc) is 3.38. The van der Waals surface area contributed by atoms with E-state index in [1.165, 1.54) is 22.3 Å². The summed E-state index contributed by atoms with van der Waals surface area (Å²) in [6.45, 7) is 0.0441. The van der Waals surface area contributed by atoms with E-state index in [0.29, 0.717) is 19.3 Å². The minimum Gasteiger partial charge on any atom is -0.478 e.